The third kappa shape index (κ3) is 5.51. The predicted molar refractivity (Wildman–Crippen MR) is 64.2 cm³/mol. The van der Waals surface area contributed by atoms with Crippen molar-refractivity contribution in [3.05, 3.63) is 0 Å². The molecule has 0 aliphatic heterocycles. The van der Waals surface area contributed by atoms with Crippen molar-refractivity contribution in [2.75, 3.05) is 14.2 Å². The molecule has 0 rings (SSSR count). The molecule has 0 bridgehead atoms. The van der Waals surface area contributed by atoms with Gasteiger partial charge in [-0.25, -0.2) is 9.59 Å². The minimum absolute atomic E-state index is 0.268. The van der Waals surface area contributed by atoms with E-state index in [9.17, 15) is 14.4 Å². The van der Waals surface area contributed by atoms with Crippen molar-refractivity contribution in [2.45, 2.75) is 38.8 Å². The molecule has 0 fully saturated rings. The molecule has 0 aliphatic rings. The molecule has 2 unspecified atom stereocenters. The highest BCUT2D eigenvalue weighted by Crippen LogP contribution is 2.05. The van der Waals surface area contributed by atoms with Crippen LogP contribution in [0, 0.1) is 0 Å². The molecule has 0 spiro atoms. The molecule has 0 aromatic rings. The maximum atomic E-state index is 11.5. The lowest BCUT2D eigenvalue weighted by atomic mass is 10.0. The van der Waals surface area contributed by atoms with Crippen LogP contribution in [0.4, 0.5) is 9.59 Å². The van der Waals surface area contributed by atoms with E-state index in [1.807, 2.05) is 6.92 Å². The number of nitrogens with one attached hydrogen (secondary N) is 2. The number of carbonyl (C=O) groups excluding carboxylic acids is 3. The Balaban J connectivity index is 4.80. The summed E-state index contributed by atoms with van der Waals surface area (Å²) >= 11 is 0. The number of hydrogen-bond donors (Lipinski definition) is 2. The van der Waals surface area contributed by atoms with Crippen molar-refractivity contribution in [1.29, 1.82) is 0 Å². The Labute approximate surface area is 106 Å². The van der Waals surface area contributed by atoms with E-state index < -0.39 is 24.3 Å². The Morgan fingerprint density at radius 2 is 1.56 bits per heavy atom. The maximum Gasteiger partial charge on any atom is 0.407 e. The summed E-state index contributed by atoms with van der Waals surface area (Å²) in [5.74, 6) is -0.268. The van der Waals surface area contributed by atoms with E-state index in [1.165, 1.54) is 21.1 Å². The summed E-state index contributed by atoms with van der Waals surface area (Å²) in [6.45, 7) is 3.24. The Kier molecular flexibility index (Phi) is 7.50. The smallest absolute Gasteiger partial charge is 0.407 e. The number of amides is 2. The van der Waals surface area contributed by atoms with Crippen LogP contribution in [0.5, 0.6) is 0 Å². The Bertz CT molecular complexity index is 306. The normalized spacial score (nSPS) is 13.1. The van der Waals surface area contributed by atoms with Crippen LogP contribution in [0.15, 0.2) is 0 Å². The summed E-state index contributed by atoms with van der Waals surface area (Å²) in [7, 11) is 2.43. The highest BCUT2D eigenvalue weighted by atomic mass is 16.5. The highest BCUT2D eigenvalue weighted by Gasteiger charge is 2.28. The van der Waals surface area contributed by atoms with Crippen molar-refractivity contribution >= 4 is 18.0 Å². The zero-order chi connectivity index (χ0) is 14.1. The zero-order valence-corrected chi connectivity index (χ0v) is 11.1. The summed E-state index contributed by atoms with van der Waals surface area (Å²) in [6.07, 6.45) is -0.0979. The molecule has 2 atom stereocenters. The van der Waals surface area contributed by atoms with Gasteiger partial charge in [0.05, 0.1) is 20.3 Å². The molecule has 7 heteroatoms. The van der Waals surface area contributed by atoms with Crippen molar-refractivity contribution in [3.63, 3.8) is 0 Å². The average Bonchev–Trinajstić information content (AvgIpc) is 2.34. The van der Waals surface area contributed by atoms with Crippen LogP contribution in [0.1, 0.15) is 26.7 Å². The minimum atomic E-state index is -0.837. The number of carbonyl (C=O) groups is 3. The van der Waals surface area contributed by atoms with Gasteiger partial charge in [0, 0.05) is 0 Å². The van der Waals surface area contributed by atoms with Crippen LogP contribution in [-0.4, -0.2) is 44.3 Å². The van der Waals surface area contributed by atoms with Gasteiger partial charge in [0.15, 0.2) is 5.78 Å². The first-order chi connectivity index (χ1) is 8.46. The van der Waals surface area contributed by atoms with Crippen molar-refractivity contribution < 1.29 is 23.9 Å². The lowest BCUT2D eigenvalue weighted by molar-refractivity contribution is -0.119. The lowest BCUT2D eigenvalue weighted by Crippen LogP contribution is -2.55. The molecule has 2 N–H and O–H groups in total. The van der Waals surface area contributed by atoms with E-state index in [2.05, 4.69) is 20.1 Å². The number of hydrogen-bond acceptors (Lipinski definition) is 5. The van der Waals surface area contributed by atoms with Gasteiger partial charge in [-0.05, 0) is 13.3 Å². The largest absolute Gasteiger partial charge is 0.453 e. The number of ether oxygens (including phenoxy) is 2. The fourth-order valence-corrected chi connectivity index (χ4v) is 1.51. The number of alkyl carbamates (subject to hydrolysis) is 2. The molecule has 0 heterocycles. The first-order valence-electron chi connectivity index (χ1n) is 5.65. The molecule has 0 aromatic carbocycles. The van der Waals surface area contributed by atoms with Crippen molar-refractivity contribution in [2.24, 2.45) is 0 Å². The second-order valence-corrected chi connectivity index (χ2v) is 3.76. The molecule has 0 radical (unpaired) electrons. The van der Waals surface area contributed by atoms with E-state index in [-0.39, 0.29) is 5.78 Å². The van der Waals surface area contributed by atoms with Crippen LogP contribution in [0.25, 0.3) is 0 Å². The van der Waals surface area contributed by atoms with E-state index in [0.29, 0.717) is 6.42 Å². The summed E-state index contributed by atoms with van der Waals surface area (Å²) in [5.41, 5.74) is 0. The molecule has 7 nitrogen and oxygen atoms in total. The maximum absolute atomic E-state index is 11.5. The van der Waals surface area contributed by atoms with Gasteiger partial charge in [-0.3, -0.25) is 4.79 Å². The molecule has 18 heavy (non-hydrogen) atoms. The van der Waals surface area contributed by atoms with Gasteiger partial charge in [0.25, 0.3) is 0 Å². The van der Waals surface area contributed by atoms with E-state index in [4.69, 9.17) is 0 Å². The van der Waals surface area contributed by atoms with Gasteiger partial charge < -0.3 is 20.1 Å². The molecule has 2 amide bonds. The number of ketones is 1. The predicted octanol–water partition coefficient (Wildman–Crippen LogP) is 0.825. The second kappa shape index (κ2) is 8.32. The van der Waals surface area contributed by atoms with Gasteiger partial charge in [-0.15, -0.1) is 0 Å². The summed E-state index contributed by atoms with van der Waals surface area (Å²) in [4.78, 5) is 33.9. The molecule has 0 saturated heterocycles. The fourth-order valence-electron chi connectivity index (χ4n) is 1.51. The van der Waals surface area contributed by atoms with Gasteiger partial charge in [0.1, 0.15) is 6.04 Å². The Morgan fingerprint density at radius 3 is 1.94 bits per heavy atom. The van der Waals surface area contributed by atoms with Gasteiger partial charge in [-0.1, -0.05) is 13.3 Å². The van der Waals surface area contributed by atoms with Crippen LogP contribution in [0.3, 0.4) is 0 Å². The van der Waals surface area contributed by atoms with Crippen LogP contribution in [-0.2, 0) is 14.3 Å². The minimum Gasteiger partial charge on any atom is -0.453 e. The van der Waals surface area contributed by atoms with Gasteiger partial charge in [0.2, 0.25) is 0 Å². The topological polar surface area (TPSA) is 93.7 Å². The zero-order valence-electron chi connectivity index (χ0n) is 11.1. The van der Waals surface area contributed by atoms with Crippen LogP contribution >= 0.6 is 0 Å². The highest BCUT2D eigenvalue weighted by molar-refractivity contribution is 5.86. The van der Waals surface area contributed by atoms with E-state index in [1.54, 1.807) is 0 Å². The third-order valence-electron chi connectivity index (χ3n) is 2.39. The summed E-state index contributed by atoms with van der Waals surface area (Å²) in [6, 6.07) is -1.37. The van der Waals surface area contributed by atoms with Crippen LogP contribution in [0.2, 0.25) is 0 Å². The summed E-state index contributed by atoms with van der Waals surface area (Å²) < 4.78 is 8.93. The number of methoxy groups -OCH3 is 2. The van der Waals surface area contributed by atoms with Gasteiger partial charge in [-0.2, -0.15) is 0 Å². The molecule has 0 aromatic heterocycles. The summed E-state index contributed by atoms with van der Waals surface area (Å²) in [5, 5.41) is 4.93. The fraction of sp³-hybridized carbons (Fsp3) is 0.727. The van der Waals surface area contributed by atoms with Crippen molar-refractivity contribution in [1.82, 2.24) is 10.6 Å². The standard InChI is InChI=1S/C11H20N2O5/c1-5-6-8(12-10(15)17-3)9(7(2)14)13-11(16)18-4/h8-9H,5-6H2,1-4H3,(H,12,15)(H,13,16). The molecular weight excluding hydrogens is 240 g/mol. The lowest BCUT2D eigenvalue weighted by Gasteiger charge is -2.25. The number of Topliss-reactive ketones (excluding diaryl/α,β-unsaturated/α-hetero) is 1. The van der Waals surface area contributed by atoms with E-state index >= 15 is 0 Å². The second-order valence-electron chi connectivity index (χ2n) is 3.76. The van der Waals surface area contributed by atoms with E-state index in [0.717, 1.165) is 6.42 Å². The molecular formula is C11H20N2O5. The molecule has 104 valence electrons. The third-order valence-corrected chi connectivity index (χ3v) is 2.39. The molecule has 0 saturated carbocycles. The first-order valence-corrected chi connectivity index (χ1v) is 5.65. The first kappa shape index (κ1) is 16.2. The monoisotopic (exact) mass is 260 g/mol. The Morgan fingerprint density at radius 1 is 1.06 bits per heavy atom. The average molecular weight is 260 g/mol. The van der Waals surface area contributed by atoms with Crippen molar-refractivity contribution in [3.8, 4) is 0 Å². The Hall–Kier alpha value is -1.79. The SMILES string of the molecule is CCCC(NC(=O)OC)C(NC(=O)OC)C(C)=O. The quantitative estimate of drug-likeness (QED) is 0.737. The number of rotatable bonds is 6. The van der Waals surface area contributed by atoms with Crippen LogP contribution < -0.4 is 10.6 Å². The molecule has 0 aliphatic carbocycles. The van der Waals surface area contributed by atoms with Gasteiger partial charge >= 0.3 is 12.2 Å².